The molecule has 0 unspecified atom stereocenters. The zero-order chi connectivity index (χ0) is 15.8. The molecule has 1 amide bonds. The van der Waals surface area contributed by atoms with E-state index in [1.54, 1.807) is 11.0 Å². The number of ether oxygens (including phenoxy) is 1. The summed E-state index contributed by atoms with van der Waals surface area (Å²) in [7, 11) is 0. The van der Waals surface area contributed by atoms with Crippen LogP contribution >= 0.6 is 11.6 Å². The van der Waals surface area contributed by atoms with Crippen LogP contribution in [0, 0.1) is 0 Å². The first-order valence-electron chi connectivity index (χ1n) is 6.93. The molecule has 0 saturated carbocycles. The van der Waals surface area contributed by atoms with E-state index in [9.17, 15) is 9.59 Å². The van der Waals surface area contributed by atoms with Crippen LogP contribution in [0.15, 0.2) is 18.2 Å². The highest BCUT2D eigenvalue weighted by Gasteiger charge is 2.11. The van der Waals surface area contributed by atoms with Crippen molar-refractivity contribution in [1.82, 2.24) is 4.90 Å². The van der Waals surface area contributed by atoms with Crippen molar-refractivity contribution in [2.45, 2.75) is 26.7 Å². The van der Waals surface area contributed by atoms with Crippen molar-refractivity contribution in [3.05, 3.63) is 28.8 Å². The summed E-state index contributed by atoms with van der Waals surface area (Å²) < 4.78 is 5.46. The Morgan fingerprint density at radius 2 is 1.95 bits per heavy atom. The molecule has 116 valence electrons. The lowest BCUT2D eigenvalue weighted by molar-refractivity contribution is -0.131. The summed E-state index contributed by atoms with van der Waals surface area (Å²) in [5, 5.41) is 9.13. The lowest BCUT2D eigenvalue weighted by Crippen LogP contribution is -2.30. The minimum atomic E-state index is -1.10. The highest BCUT2D eigenvalue weighted by Crippen LogP contribution is 2.22. The van der Waals surface area contributed by atoms with Gasteiger partial charge in [-0.25, -0.2) is 4.79 Å². The lowest BCUT2D eigenvalue weighted by atomic mass is 10.2. The first-order chi connectivity index (χ1) is 9.99. The van der Waals surface area contributed by atoms with Crippen LogP contribution < -0.4 is 4.74 Å². The number of hydrogen-bond donors (Lipinski definition) is 1. The highest BCUT2D eigenvalue weighted by molar-refractivity contribution is 6.33. The number of carbonyl (C=O) groups excluding carboxylic acids is 1. The Hall–Kier alpha value is -1.75. The maximum atomic E-state index is 11.8. The van der Waals surface area contributed by atoms with E-state index >= 15 is 0 Å². The summed E-state index contributed by atoms with van der Waals surface area (Å²) in [5.74, 6) is -0.555. The molecule has 0 spiro atoms. The van der Waals surface area contributed by atoms with Crippen LogP contribution in [-0.2, 0) is 4.79 Å². The van der Waals surface area contributed by atoms with E-state index < -0.39 is 5.97 Å². The summed E-state index contributed by atoms with van der Waals surface area (Å²) in [6.45, 7) is 5.65. The van der Waals surface area contributed by atoms with Gasteiger partial charge in [0.25, 0.3) is 0 Å². The molecule has 6 heteroatoms. The molecular weight excluding hydrogens is 294 g/mol. The monoisotopic (exact) mass is 313 g/mol. The lowest BCUT2D eigenvalue weighted by Gasteiger charge is -2.18. The Morgan fingerprint density at radius 1 is 1.29 bits per heavy atom. The Kier molecular flexibility index (Phi) is 7.02. The summed E-state index contributed by atoms with van der Waals surface area (Å²) in [6, 6.07) is 4.49. The predicted molar refractivity (Wildman–Crippen MR) is 81.1 cm³/mol. The van der Waals surface area contributed by atoms with Crippen LogP contribution in [0.4, 0.5) is 0 Å². The molecule has 5 nitrogen and oxygen atoms in total. The van der Waals surface area contributed by atoms with E-state index in [4.69, 9.17) is 21.4 Å². The molecule has 21 heavy (non-hydrogen) atoms. The smallest absolute Gasteiger partial charge is 0.337 e. The third-order valence-electron chi connectivity index (χ3n) is 3.09. The fourth-order valence-corrected chi connectivity index (χ4v) is 2.10. The number of aromatic carboxylic acids is 1. The minimum Gasteiger partial charge on any atom is -0.494 e. The second kappa shape index (κ2) is 8.52. The largest absolute Gasteiger partial charge is 0.494 e. The Bertz CT molecular complexity index is 500. The molecule has 0 fully saturated rings. The minimum absolute atomic E-state index is 0.00776. The van der Waals surface area contributed by atoms with Gasteiger partial charge in [-0.3, -0.25) is 4.79 Å². The SMILES string of the molecule is CCN(CC)C(=O)CCCOc1ccc(Cl)c(C(=O)O)c1. The second-order valence-corrected chi connectivity index (χ2v) is 4.87. The Balaban J connectivity index is 2.45. The molecule has 0 bridgehead atoms. The first kappa shape index (κ1) is 17.3. The Labute approximate surface area is 129 Å². The van der Waals surface area contributed by atoms with Crippen molar-refractivity contribution in [2.24, 2.45) is 0 Å². The predicted octanol–water partition coefficient (Wildman–Crippen LogP) is 3.07. The number of hydrogen-bond acceptors (Lipinski definition) is 3. The average molecular weight is 314 g/mol. The van der Waals surface area contributed by atoms with Crippen molar-refractivity contribution in [2.75, 3.05) is 19.7 Å². The van der Waals surface area contributed by atoms with E-state index in [-0.39, 0.29) is 16.5 Å². The molecule has 0 atom stereocenters. The molecule has 1 rings (SSSR count). The second-order valence-electron chi connectivity index (χ2n) is 4.46. The Morgan fingerprint density at radius 3 is 2.52 bits per heavy atom. The van der Waals surface area contributed by atoms with Gasteiger partial charge < -0.3 is 14.7 Å². The third kappa shape index (κ3) is 5.27. The number of carboxylic acids is 1. The molecule has 1 N–H and O–H groups in total. The van der Waals surface area contributed by atoms with Crippen LogP contribution in [0.2, 0.25) is 5.02 Å². The molecule has 0 aliphatic carbocycles. The fourth-order valence-electron chi connectivity index (χ4n) is 1.91. The van der Waals surface area contributed by atoms with Crippen LogP contribution in [0.5, 0.6) is 5.75 Å². The number of rotatable bonds is 8. The van der Waals surface area contributed by atoms with Gasteiger partial charge in [-0.05, 0) is 38.5 Å². The van der Waals surface area contributed by atoms with Crippen molar-refractivity contribution >= 4 is 23.5 Å². The molecule has 0 radical (unpaired) electrons. The summed E-state index contributed by atoms with van der Waals surface area (Å²) in [5.41, 5.74) is 0.00776. The van der Waals surface area contributed by atoms with Gasteiger partial charge >= 0.3 is 5.97 Å². The molecule has 0 aromatic heterocycles. The molecule has 0 heterocycles. The number of benzene rings is 1. The number of amides is 1. The van der Waals surface area contributed by atoms with Gasteiger partial charge in [-0.2, -0.15) is 0 Å². The quantitative estimate of drug-likeness (QED) is 0.749. The standard InChI is InChI=1S/C15H20ClNO4/c1-3-17(4-2)14(18)6-5-9-21-11-7-8-13(16)12(10-11)15(19)20/h7-8,10H,3-6,9H2,1-2H3,(H,19,20). The van der Waals surface area contributed by atoms with Gasteiger partial charge in [0.15, 0.2) is 0 Å². The summed E-state index contributed by atoms with van der Waals surface area (Å²) in [4.78, 5) is 24.5. The van der Waals surface area contributed by atoms with E-state index in [0.29, 0.717) is 38.3 Å². The average Bonchev–Trinajstić information content (AvgIpc) is 2.46. The first-order valence-corrected chi connectivity index (χ1v) is 7.30. The van der Waals surface area contributed by atoms with Crippen LogP contribution in [-0.4, -0.2) is 41.6 Å². The van der Waals surface area contributed by atoms with E-state index in [1.165, 1.54) is 12.1 Å². The molecule has 0 saturated heterocycles. The van der Waals surface area contributed by atoms with Crippen molar-refractivity contribution in [3.63, 3.8) is 0 Å². The maximum absolute atomic E-state index is 11.8. The molecule has 1 aromatic rings. The molecule has 1 aromatic carbocycles. The van der Waals surface area contributed by atoms with E-state index in [0.717, 1.165) is 0 Å². The van der Waals surface area contributed by atoms with Gasteiger partial charge in [0.2, 0.25) is 5.91 Å². The fraction of sp³-hybridized carbons (Fsp3) is 0.467. The molecular formula is C15H20ClNO4. The highest BCUT2D eigenvalue weighted by atomic mass is 35.5. The van der Waals surface area contributed by atoms with Gasteiger partial charge in [-0.15, -0.1) is 0 Å². The molecule has 0 aliphatic rings. The van der Waals surface area contributed by atoms with Crippen LogP contribution in [0.3, 0.4) is 0 Å². The topological polar surface area (TPSA) is 66.8 Å². The van der Waals surface area contributed by atoms with Gasteiger partial charge in [0.05, 0.1) is 17.2 Å². The summed E-state index contributed by atoms with van der Waals surface area (Å²) in [6.07, 6.45) is 1.00. The molecule has 0 aliphatic heterocycles. The number of carbonyl (C=O) groups is 2. The van der Waals surface area contributed by atoms with Crippen molar-refractivity contribution in [3.8, 4) is 5.75 Å². The van der Waals surface area contributed by atoms with E-state index in [2.05, 4.69) is 0 Å². The van der Waals surface area contributed by atoms with Crippen molar-refractivity contribution in [1.29, 1.82) is 0 Å². The zero-order valence-electron chi connectivity index (χ0n) is 12.3. The normalized spacial score (nSPS) is 10.2. The van der Waals surface area contributed by atoms with Gasteiger partial charge in [0.1, 0.15) is 5.75 Å². The number of halogens is 1. The summed E-state index contributed by atoms with van der Waals surface area (Å²) >= 11 is 5.77. The van der Waals surface area contributed by atoms with Crippen LogP contribution in [0.25, 0.3) is 0 Å². The van der Waals surface area contributed by atoms with Crippen molar-refractivity contribution < 1.29 is 19.4 Å². The van der Waals surface area contributed by atoms with Gasteiger partial charge in [0, 0.05) is 19.5 Å². The van der Waals surface area contributed by atoms with Gasteiger partial charge in [-0.1, -0.05) is 11.6 Å². The number of nitrogens with zero attached hydrogens (tertiary/aromatic N) is 1. The number of carboxylic acid groups (broad SMARTS) is 1. The van der Waals surface area contributed by atoms with E-state index in [1.807, 2.05) is 13.8 Å². The zero-order valence-corrected chi connectivity index (χ0v) is 13.0. The van der Waals surface area contributed by atoms with Crippen LogP contribution in [0.1, 0.15) is 37.0 Å². The third-order valence-corrected chi connectivity index (χ3v) is 3.42. The maximum Gasteiger partial charge on any atom is 0.337 e.